The van der Waals surface area contributed by atoms with E-state index in [4.69, 9.17) is 5.73 Å². The van der Waals surface area contributed by atoms with Crippen molar-refractivity contribution in [1.29, 1.82) is 0 Å². The molecule has 0 aliphatic heterocycles. The van der Waals surface area contributed by atoms with Crippen molar-refractivity contribution in [2.45, 2.75) is 32.7 Å². The molecule has 0 unspecified atom stereocenters. The molecule has 1 aromatic heterocycles. The number of hydrogen-bond acceptors (Lipinski definition) is 6. The standard InChI is InChI=1S/C10H17N5O2/c1-5-10(2,3)14(4)8-7(15(16)17)6-12-9(11)13-8/h6H,5H2,1-4H3,(H2,11,12,13). The second-order valence-electron chi connectivity index (χ2n) is 4.42. The maximum absolute atomic E-state index is 10.9. The summed E-state index contributed by atoms with van der Waals surface area (Å²) in [4.78, 5) is 19.8. The van der Waals surface area contributed by atoms with E-state index in [9.17, 15) is 10.1 Å². The highest BCUT2D eigenvalue weighted by atomic mass is 16.6. The van der Waals surface area contributed by atoms with Crippen LogP contribution in [0.15, 0.2) is 6.20 Å². The number of nitrogens with two attached hydrogens (primary N) is 1. The summed E-state index contributed by atoms with van der Waals surface area (Å²) in [5.74, 6) is 0.277. The van der Waals surface area contributed by atoms with Crippen LogP contribution in [0.25, 0.3) is 0 Å². The van der Waals surface area contributed by atoms with E-state index in [-0.39, 0.29) is 23.0 Å². The van der Waals surface area contributed by atoms with Gasteiger partial charge in [0.15, 0.2) is 0 Å². The number of nitro groups is 1. The van der Waals surface area contributed by atoms with Gasteiger partial charge in [-0.05, 0) is 20.3 Å². The molecular formula is C10H17N5O2. The predicted molar refractivity (Wildman–Crippen MR) is 65.9 cm³/mol. The van der Waals surface area contributed by atoms with Crippen LogP contribution < -0.4 is 10.6 Å². The fraction of sp³-hybridized carbons (Fsp3) is 0.600. The molecule has 2 N–H and O–H groups in total. The molecule has 0 amide bonds. The van der Waals surface area contributed by atoms with Crippen molar-refractivity contribution in [3.8, 4) is 0 Å². The van der Waals surface area contributed by atoms with Crippen LogP contribution in [0.4, 0.5) is 17.5 Å². The number of nitrogens with zero attached hydrogens (tertiary/aromatic N) is 4. The first-order valence-corrected chi connectivity index (χ1v) is 5.30. The van der Waals surface area contributed by atoms with Gasteiger partial charge in [-0.15, -0.1) is 0 Å². The summed E-state index contributed by atoms with van der Waals surface area (Å²) in [6.07, 6.45) is 1.96. The van der Waals surface area contributed by atoms with Crippen LogP contribution in [0.2, 0.25) is 0 Å². The highest BCUT2D eigenvalue weighted by molar-refractivity contribution is 5.59. The van der Waals surface area contributed by atoms with E-state index in [1.807, 2.05) is 20.8 Å². The summed E-state index contributed by atoms with van der Waals surface area (Å²) >= 11 is 0. The Bertz CT molecular complexity index is 433. The zero-order valence-electron chi connectivity index (χ0n) is 10.5. The van der Waals surface area contributed by atoms with Gasteiger partial charge >= 0.3 is 5.69 Å². The number of anilines is 2. The van der Waals surface area contributed by atoms with Crippen LogP contribution in [-0.4, -0.2) is 27.5 Å². The molecule has 0 fully saturated rings. The first-order chi connectivity index (χ1) is 7.79. The number of hydrogen-bond donors (Lipinski definition) is 1. The minimum atomic E-state index is -0.503. The van der Waals surface area contributed by atoms with Crippen molar-refractivity contribution in [2.24, 2.45) is 0 Å². The minimum Gasteiger partial charge on any atom is -0.368 e. The van der Waals surface area contributed by atoms with Gasteiger partial charge in [0.25, 0.3) is 0 Å². The zero-order chi connectivity index (χ0) is 13.2. The average Bonchev–Trinajstić information content (AvgIpc) is 2.27. The fourth-order valence-electron chi connectivity index (χ4n) is 1.28. The first kappa shape index (κ1) is 13.1. The monoisotopic (exact) mass is 239 g/mol. The van der Waals surface area contributed by atoms with Crippen molar-refractivity contribution in [3.63, 3.8) is 0 Å². The Kier molecular flexibility index (Phi) is 3.50. The Balaban J connectivity index is 3.29. The number of aromatic nitrogens is 2. The SMILES string of the molecule is CCC(C)(C)N(C)c1nc(N)ncc1[N+](=O)[O-]. The van der Waals surface area contributed by atoms with Gasteiger partial charge in [0, 0.05) is 12.6 Å². The molecule has 0 radical (unpaired) electrons. The fourth-order valence-corrected chi connectivity index (χ4v) is 1.28. The molecule has 1 heterocycles. The van der Waals surface area contributed by atoms with Crippen LogP contribution in [0.1, 0.15) is 27.2 Å². The van der Waals surface area contributed by atoms with Gasteiger partial charge in [-0.25, -0.2) is 4.98 Å². The van der Waals surface area contributed by atoms with Crippen molar-refractivity contribution >= 4 is 17.5 Å². The van der Waals surface area contributed by atoms with E-state index in [1.165, 1.54) is 0 Å². The molecule has 0 saturated heterocycles. The van der Waals surface area contributed by atoms with Crippen molar-refractivity contribution in [2.75, 3.05) is 17.7 Å². The smallest absolute Gasteiger partial charge is 0.329 e. The van der Waals surface area contributed by atoms with Crippen LogP contribution in [0, 0.1) is 10.1 Å². The largest absolute Gasteiger partial charge is 0.368 e. The topological polar surface area (TPSA) is 98.2 Å². The van der Waals surface area contributed by atoms with Crippen LogP contribution in [0.5, 0.6) is 0 Å². The molecular weight excluding hydrogens is 222 g/mol. The molecule has 7 heteroatoms. The normalized spacial score (nSPS) is 11.3. The molecule has 0 spiro atoms. The first-order valence-electron chi connectivity index (χ1n) is 5.30. The number of nitrogen functional groups attached to an aromatic ring is 1. The van der Waals surface area contributed by atoms with E-state index in [1.54, 1.807) is 11.9 Å². The van der Waals surface area contributed by atoms with Gasteiger partial charge in [-0.2, -0.15) is 4.98 Å². The summed E-state index contributed by atoms with van der Waals surface area (Å²) in [7, 11) is 1.76. The summed E-state index contributed by atoms with van der Waals surface area (Å²) in [6.45, 7) is 5.97. The minimum absolute atomic E-state index is 0.0318. The van der Waals surface area contributed by atoms with Crippen molar-refractivity contribution in [3.05, 3.63) is 16.3 Å². The summed E-state index contributed by atoms with van der Waals surface area (Å²) < 4.78 is 0. The molecule has 17 heavy (non-hydrogen) atoms. The van der Waals surface area contributed by atoms with Gasteiger partial charge in [0.05, 0.1) is 4.92 Å². The molecule has 0 atom stereocenters. The predicted octanol–water partition coefficient (Wildman–Crippen LogP) is 1.59. The van der Waals surface area contributed by atoms with E-state index in [0.717, 1.165) is 12.6 Å². The van der Waals surface area contributed by atoms with Crippen LogP contribution in [0.3, 0.4) is 0 Å². The van der Waals surface area contributed by atoms with Crippen LogP contribution in [-0.2, 0) is 0 Å². The Hall–Kier alpha value is -1.92. The second kappa shape index (κ2) is 4.52. The average molecular weight is 239 g/mol. The highest BCUT2D eigenvalue weighted by Gasteiger charge is 2.29. The lowest BCUT2D eigenvalue weighted by Gasteiger charge is -2.35. The molecule has 7 nitrogen and oxygen atoms in total. The van der Waals surface area contributed by atoms with Crippen molar-refractivity contribution < 1.29 is 4.92 Å². The second-order valence-corrected chi connectivity index (χ2v) is 4.42. The molecule has 0 aromatic carbocycles. The number of rotatable bonds is 4. The molecule has 0 bridgehead atoms. The van der Waals surface area contributed by atoms with Gasteiger partial charge < -0.3 is 10.6 Å². The zero-order valence-corrected chi connectivity index (χ0v) is 10.5. The third-order valence-corrected chi connectivity index (χ3v) is 3.06. The van der Waals surface area contributed by atoms with Crippen LogP contribution >= 0.6 is 0 Å². The molecule has 0 aliphatic rings. The van der Waals surface area contributed by atoms with Gasteiger partial charge in [-0.1, -0.05) is 6.92 Å². The Morgan fingerprint density at radius 1 is 1.59 bits per heavy atom. The maximum Gasteiger partial charge on any atom is 0.329 e. The van der Waals surface area contributed by atoms with Crippen molar-refractivity contribution in [1.82, 2.24) is 9.97 Å². The Labute approximate surface area is 99.8 Å². The molecule has 1 rings (SSSR count). The molecule has 0 saturated carbocycles. The van der Waals surface area contributed by atoms with E-state index >= 15 is 0 Å². The highest BCUT2D eigenvalue weighted by Crippen LogP contribution is 2.30. The summed E-state index contributed by atoms with van der Waals surface area (Å²) in [5.41, 5.74) is 5.10. The maximum atomic E-state index is 10.9. The van der Waals surface area contributed by atoms with E-state index in [0.29, 0.717) is 0 Å². The van der Waals surface area contributed by atoms with Gasteiger partial charge in [0.2, 0.25) is 11.8 Å². The lowest BCUT2D eigenvalue weighted by molar-refractivity contribution is -0.384. The molecule has 1 aromatic rings. The third-order valence-electron chi connectivity index (χ3n) is 3.06. The lowest BCUT2D eigenvalue weighted by Crippen LogP contribution is -2.41. The quantitative estimate of drug-likeness (QED) is 0.632. The summed E-state index contributed by atoms with van der Waals surface area (Å²) in [6, 6.07) is 0. The van der Waals surface area contributed by atoms with E-state index in [2.05, 4.69) is 9.97 Å². The Morgan fingerprint density at radius 3 is 2.65 bits per heavy atom. The summed E-state index contributed by atoms with van der Waals surface area (Å²) in [5, 5.41) is 10.9. The van der Waals surface area contributed by atoms with E-state index < -0.39 is 4.92 Å². The lowest BCUT2D eigenvalue weighted by atomic mass is 10.00. The van der Waals surface area contributed by atoms with Gasteiger partial charge in [0.1, 0.15) is 6.20 Å². The molecule has 94 valence electrons. The Morgan fingerprint density at radius 2 is 2.18 bits per heavy atom. The third kappa shape index (κ3) is 2.61. The molecule has 0 aliphatic carbocycles. The van der Waals surface area contributed by atoms with Gasteiger partial charge in [-0.3, -0.25) is 10.1 Å².